The molecule has 2 aromatic rings. The summed E-state index contributed by atoms with van der Waals surface area (Å²) < 4.78 is 0. The highest BCUT2D eigenvalue weighted by atomic mass is 16.1. The molecule has 1 N–H and O–H groups in total. The minimum atomic E-state index is -0.101. The van der Waals surface area contributed by atoms with Gasteiger partial charge in [0.2, 0.25) is 0 Å². The molecule has 0 aromatic carbocycles. The van der Waals surface area contributed by atoms with Gasteiger partial charge in [0.05, 0.1) is 18.1 Å². The lowest BCUT2D eigenvalue weighted by Crippen LogP contribution is -2.30. The number of nitrogens with zero attached hydrogens (tertiary/aromatic N) is 3. The van der Waals surface area contributed by atoms with Gasteiger partial charge in [0, 0.05) is 23.4 Å². The van der Waals surface area contributed by atoms with Crippen LogP contribution in [0.15, 0.2) is 36.8 Å². The average molecular weight is 242 g/mol. The summed E-state index contributed by atoms with van der Waals surface area (Å²) in [5.74, 6) is -0.101. The van der Waals surface area contributed by atoms with Crippen molar-refractivity contribution in [3.05, 3.63) is 42.4 Å². The van der Waals surface area contributed by atoms with E-state index in [1.165, 1.54) is 0 Å². The number of hydrogen-bond acceptors (Lipinski definition) is 4. The molecule has 0 saturated heterocycles. The Balaban J connectivity index is 2.28. The van der Waals surface area contributed by atoms with E-state index in [9.17, 15) is 4.79 Å². The first kappa shape index (κ1) is 12.2. The molecule has 0 radical (unpaired) electrons. The number of rotatable bonds is 3. The van der Waals surface area contributed by atoms with E-state index < -0.39 is 0 Å². The molecular weight excluding hydrogens is 228 g/mol. The number of carbonyl (C=O) groups excluding carboxylic acids is 1. The molecule has 1 amide bonds. The first-order chi connectivity index (χ1) is 8.66. The molecule has 18 heavy (non-hydrogen) atoms. The van der Waals surface area contributed by atoms with E-state index in [4.69, 9.17) is 0 Å². The molecule has 5 heteroatoms. The van der Waals surface area contributed by atoms with Crippen LogP contribution in [0.3, 0.4) is 0 Å². The van der Waals surface area contributed by atoms with Crippen LogP contribution in [0, 0.1) is 0 Å². The third-order valence-electron chi connectivity index (χ3n) is 2.32. The maximum Gasteiger partial charge on any atom is 0.251 e. The molecule has 5 nitrogen and oxygen atoms in total. The van der Waals surface area contributed by atoms with Crippen molar-refractivity contribution in [3.63, 3.8) is 0 Å². The highest BCUT2D eigenvalue weighted by Crippen LogP contribution is 2.15. The van der Waals surface area contributed by atoms with Gasteiger partial charge in [0.15, 0.2) is 0 Å². The van der Waals surface area contributed by atoms with Crippen molar-refractivity contribution < 1.29 is 4.79 Å². The molecule has 0 aliphatic heterocycles. The van der Waals surface area contributed by atoms with Crippen molar-refractivity contribution in [2.24, 2.45) is 0 Å². The monoisotopic (exact) mass is 242 g/mol. The number of amides is 1. The van der Waals surface area contributed by atoms with Gasteiger partial charge in [0.25, 0.3) is 5.91 Å². The lowest BCUT2D eigenvalue weighted by molar-refractivity contribution is 0.0943. The molecule has 0 bridgehead atoms. The van der Waals surface area contributed by atoms with E-state index in [0.717, 1.165) is 5.56 Å². The Morgan fingerprint density at radius 2 is 2.06 bits per heavy atom. The average Bonchev–Trinajstić information content (AvgIpc) is 2.39. The van der Waals surface area contributed by atoms with Crippen LogP contribution in [0.4, 0.5) is 0 Å². The van der Waals surface area contributed by atoms with Gasteiger partial charge < -0.3 is 5.32 Å². The van der Waals surface area contributed by atoms with Gasteiger partial charge in [-0.25, -0.2) is 0 Å². The molecule has 0 fully saturated rings. The summed E-state index contributed by atoms with van der Waals surface area (Å²) in [5.41, 5.74) is 2.14. The fraction of sp³-hybridized carbons (Fsp3) is 0.231. The second-order valence-electron chi connectivity index (χ2n) is 4.19. The summed E-state index contributed by atoms with van der Waals surface area (Å²) in [6.07, 6.45) is 4.83. The number of carbonyl (C=O) groups is 1. The smallest absolute Gasteiger partial charge is 0.251 e. The fourth-order valence-electron chi connectivity index (χ4n) is 1.52. The SMILES string of the molecule is CC(C)NC(=O)c1ccnc(-c2ccnnc2)c1. The van der Waals surface area contributed by atoms with E-state index in [1.807, 2.05) is 13.8 Å². The van der Waals surface area contributed by atoms with Gasteiger partial charge in [0.1, 0.15) is 0 Å². The highest BCUT2D eigenvalue weighted by molar-refractivity contribution is 5.95. The Kier molecular flexibility index (Phi) is 3.62. The van der Waals surface area contributed by atoms with Crippen molar-refractivity contribution in [1.82, 2.24) is 20.5 Å². The fourth-order valence-corrected chi connectivity index (χ4v) is 1.52. The summed E-state index contributed by atoms with van der Waals surface area (Å²) >= 11 is 0. The van der Waals surface area contributed by atoms with Gasteiger partial charge in [-0.05, 0) is 32.0 Å². The van der Waals surface area contributed by atoms with Crippen LogP contribution in [0.5, 0.6) is 0 Å². The van der Waals surface area contributed by atoms with Gasteiger partial charge in [-0.3, -0.25) is 9.78 Å². The number of pyridine rings is 1. The van der Waals surface area contributed by atoms with Crippen molar-refractivity contribution in [3.8, 4) is 11.3 Å². The first-order valence-electron chi connectivity index (χ1n) is 5.71. The Morgan fingerprint density at radius 1 is 1.22 bits per heavy atom. The predicted octanol–water partition coefficient (Wildman–Crippen LogP) is 1.68. The van der Waals surface area contributed by atoms with E-state index in [1.54, 1.807) is 36.8 Å². The molecule has 2 heterocycles. The maximum absolute atomic E-state index is 11.9. The van der Waals surface area contributed by atoms with Gasteiger partial charge in [-0.2, -0.15) is 10.2 Å². The van der Waals surface area contributed by atoms with Crippen LogP contribution in [0.1, 0.15) is 24.2 Å². The summed E-state index contributed by atoms with van der Waals surface area (Å²) in [6, 6.07) is 5.35. The summed E-state index contributed by atoms with van der Waals surface area (Å²) in [5, 5.41) is 10.3. The normalized spacial score (nSPS) is 10.4. The van der Waals surface area contributed by atoms with Crippen LogP contribution in [0.2, 0.25) is 0 Å². The highest BCUT2D eigenvalue weighted by Gasteiger charge is 2.08. The Hall–Kier alpha value is -2.30. The van der Waals surface area contributed by atoms with E-state index >= 15 is 0 Å². The molecule has 0 spiro atoms. The minimum absolute atomic E-state index is 0.101. The molecule has 2 aromatic heterocycles. The molecule has 0 aliphatic carbocycles. The zero-order valence-corrected chi connectivity index (χ0v) is 10.3. The van der Waals surface area contributed by atoms with Crippen LogP contribution in [0.25, 0.3) is 11.3 Å². The topological polar surface area (TPSA) is 67.8 Å². The summed E-state index contributed by atoms with van der Waals surface area (Å²) in [4.78, 5) is 16.1. The molecule has 0 unspecified atom stereocenters. The lowest BCUT2D eigenvalue weighted by Gasteiger charge is -2.08. The molecular formula is C13H14N4O. The Bertz CT molecular complexity index is 540. The summed E-state index contributed by atoms with van der Waals surface area (Å²) in [6.45, 7) is 3.85. The molecule has 2 rings (SSSR count). The second kappa shape index (κ2) is 5.35. The quantitative estimate of drug-likeness (QED) is 0.889. The van der Waals surface area contributed by atoms with E-state index in [2.05, 4.69) is 20.5 Å². The number of aromatic nitrogens is 3. The zero-order chi connectivity index (χ0) is 13.0. The lowest BCUT2D eigenvalue weighted by atomic mass is 10.1. The maximum atomic E-state index is 11.9. The molecule has 0 aliphatic rings. The number of hydrogen-bond donors (Lipinski definition) is 1. The van der Waals surface area contributed by atoms with Crippen LogP contribution in [-0.2, 0) is 0 Å². The van der Waals surface area contributed by atoms with Crippen molar-refractivity contribution in [2.45, 2.75) is 19.9 Å². The molecule has 92 valence electrons. The van der Waals surface area contributed by atoms with Crippen molar-refractivity contribution in [1.29, 1.82) is 0 Å². The van der Waals surface area contributed by atoms with Crippen LogP contribution < -0.4 is 5.32 Å². The third kappa shape index (κ3) is 2.88. The Labute approximate surface area is 105 Å². The van der Waals surface area contributed by atoms with Crippen molar-refractivity contribution in [2.75, 3.05) is 0 Å². The number of nitrogens with one attached hydrogen (secondary N) is 1. The van der Waals surface area contributed by atoms with Crippen LogP contribution >= 0.6 is 0 Å². The standard InChI is InChI=1S/C13H14N4O/c1-9(2)17-13(18)10-3-5-14-12(7-10)11-4-6-15-16-8-11/h3-9H,1-2H3,(H,17,18). The zero-order valence-electron chi connectivity index (χ0n) is 10.3. The predicted molar refractivity (Wildman–Crippen MR) is 67.9 cm³/mol. The largest absolute Gasteiger partial charge is 0.350 e. The van der Waals surface area contributed by atoms with E-state index in [0.29, 0.717) is 11.3 Å². The molecule has 0 atom stereocenters. The van der Waals surface area contributed by atoms with Gasteiger partial charge >= 0.3 is 0 Å². The summed E-state index contributed by atoms with van der Waals surface area (Å²) in [7, 11) is 0. The van der Waals surface area contributed by atoms with Gasteiger partial charge in [-0.1, -0.05) is 0 Å². The first-order valence-corrected chi connectivity index (χ1v) is 5.71. The van der Waals surface area contributed by atoms with Gasteiger partial charge in [-0.15, -0.1) is 0 Å². The van der Waals surface area contributed by atoms with E-state index in [-0.39, 0.29) is 11.9 Å². The van der Waals surface area contributed by atoms with Crippen molar-refractivity contribution >= 4 is 5.91 Å². The van der Waals surface area contributed by atoms with Crippen LogP contribution in [-0.4, -0.2) is 27.1 Å². The second-order valence-corrected chi connectivity index (χ2v) is 4.19. The minimum Gasteiger partial charge on any atom is -0.350 e. The Morgan fingerprint density at radius 3 is 2.72 bits per heavy atom. The third-order valence-corrected chi connectivity index (χ3v) is 2.32. The molecule has 0 saturated carbocycles.